The number of ether oxygens (including phenoxy) is 1. The molecule has 0 aromatic rings. The van der Waals surface area contributed by atoms with Gasteiger partial charge in [0.2, 0.25) is 0 Å². The number of carbonyl (C=O) groups is 1. The fourth-order valence-electron chi connectivity index (χ4n) is 0.561. The summed E-state index contributed by atoms with van der Waals surface area (Å²) in [5.74, 6) is 0.219. The van der Waals surface area contributed by atoms with E-state index in [-0.39, 0.29) is 11.7 Å². The van der Waals surface area contributed by atoms with Gasteiger partial charge >= 0.3 is 0 Å². The first-order valence-electron chi connectivity index (χ1n) is 2.62. The molecule has 2 nitrogen and oxygen atoms in total. The minimum absolute atomic E-state index is 0.0556. The molecule has 0 N–H and O–H groups in total. The molecule has 0 radical (unpaired) electrons. The average Bonchev–Trinajstić information content (AvgIpc) is 1.77. The maximum absolute atomic E-state index is 10.6. The second kappa shape index (κ2) is 1.99. The van der Waals surface area contributed by atoms with Gasteiger partial charge in [-0.05, 0) is 0 Å². The Bertz CT molecular complexity index is 126. The molecule has 1 heterocycles. The summed E-state index contributed by atoms with van der Waals surface area (Å²) in [4.78, 5) is 10.6. The molecule has 1 unspecified atom stereocenters. The van der Waals surface area contributed by atoms with E-state index in [0.717, 1.165) is 0 Å². The summed E-state index contributed by atoms with van der Waals surface area (Å²) in [6.07, 6.45) is 2.91. The molecule has 1 aliphatic rings. The monoisotopic (exact) mass is 112 g/mol. The molecule has 44 valence electrons. The van der Waals surface area contributed by atoms with E-state index in [1.165, 1.54) is 12.3 Å². The number of hydrogen-bond acceptors (Lipinski definition) is 2. The molecule has 0 aliphatic carbocycles. The van der Waals surface area contributed by atoms with Crippen LogP contribution in [0.1, 0.15) is 6.92 Å². The number of carbonyl (C=O) groups excluding carboxylic acids is 1. The highest BCUT2D eigenvalue weighted by Gasteiger charge is 2.12. The molecular weight excluding hydrogens is 104 g/mol. The molecule has 0 aromatic heterocycles. The van der Waals surface area contributed by atoms with E-state index in [2.05, 4.69) is 0 Å². The van der Waals surface area contributed by atoms with Crippen molar-refractivity contribution in [3.8, 4) is 0 Å². The lowest BCUT2D eigenvalue weighted by atomic mass is 10.1. The summed E-state index contributed by atoms with van der Waals surface area (Å²) < 4.78 is 4.85. The highest BCUT2D eigenvalue weighted by atomic mass is 16.5. The van der Waals surface area contributed by atoms with Crippen LogP contribution in [0.15, 0.2) is 12.3 Å². The fourth-order valence-corrected chi connectivity index (χ4v) is 0.561. The van der Waals surface area contributed by atoms with E-state index in [9.17, 15) is 4.79 Å². The lowest BCUT2D eigenvalue weighted by Crippen LogP contribution is -2.17. The zero-order valence-electron chi connectivity index (χ0n) is 4.76. The van der Waals surface area contributed by atoms with Gasteiger partial charge in [-0.2, -0.15) is 0 Å². The van der Waals surface area contributed by atoms with Gasteiger partial charge in [0.05, 0.1) is 18.8 Å². The van der Waals surface area contributed by atoms with Crippen LogP contribution in [0.25, 0.3) is 0 Å². The Kier molecular flexibility index (Phi) is 1.33. The van der Waals surface area contributed by atoms with Gasteiger partial charge in [0.1, 0.15) is 0 Å². The van der Waals surface area contributed by atoms with E-state index in [0.29, 0.717) is 6.61 Å². The van der Waals surface area contributed by atoms with Crippen LogP contribution in [0, 0.1) is 5.92 Å². The number of allylic oxidation sites excluding steroid dienone is 1. The van der Waals surface area contributed by atoms with Crippen LogP contribution < -0.4 is 0 Å². The lowest BCUT2D eigenvalue weighted by Gasteiger charge is -2.10. The minimum atomic E-state index is 0.0556. The van der Waals surface area contributed by atoms with Gasteiger partial charge in [0.25, 0.3) is 0 Å². The lowest BCUT2D eigenvalue weighted by molar-refractivity contribution is -0.120. The van der Waals surface area contributed by atoms with Crippen molar-refractivity contribution in [1.82, 2.24) is 0 Å². The number of ketones is 1. The van der Waals surface area contributed by atoms with E-state index in [1.54, 1.807) is 0 Å². The predicted octanol–water partition coefficient (Wildman–Crippen LogP) is 0.736. The van der Waals surface area contributed by atoms with Crippen molar-refractivity contribution in [2.24, 2.45) is 5.92 Å². The van der Waals surface area contributed by atoms with Crippen molar-refractivity contribution >= 4 is 5.78 Å². The molecule has 0 spiro atoms. The molecule has 0 bridgehead atoms. The van der Waals surface area contributed by atoms with Gasteiger partial charge in [-0.1, -0.05) is 6.92 Å². The highest BCUT2D eigenvalue weighted by Crippen LogP contribution is 2.04. The first-order chi connectivity index (χ1) is 3.80. The summed E-state index contributed by atoms with van der Waals surface area (Å²) in [6, 6.07) is 0. The predicted molar refractivity (Wildman–Crippen MR) is 29.3 cm³/mol. The molecule has 8 heavy (non-hydrogen) atoms. The summed E-state index contributed by atoms with van der Waals surface area (Å²) in [5.41, 5.74) is 0. The van der Waals surface area contributed by atoms with Gasteiger partial charge < -0.3 is 4.74 Å². The SMILES string of the molecule is CC1COC=CC1=O. The number of rotatable bonds is 0. The molecule has 0 aromatic carbocycles. The Morgan fingerprint density at radius 3 is 3.00 bits per heavy atom. The Morgan fingerprint density at radius 2 is 2.62 bits per heavy atom. The third-order valence-electron chi connectivity index (χ3n) is 1.16. The van der Waals surface area contributed by atoms with Crippen molar-refractivity contribution in [2.75, 3.05) is 6.61 Å². The van der Waals surface area contributed by atoms with Gasteiger partial charge in [0, 0.05) is 6.08 Å². The highest BCUT2D eigenvalue weighted by molar-refractivity contribution is 5.91. The average molecular weight is 112 g/mol. The Morgan fingerprint density at radius 1 is 1.88 bits per heavy atom. The molecule has 1 atom stereocenters. The van der Waals surface area contributed by atoms with Gasteiger partial charge in [0.15, 0.2) is 5.78 Å². The topological polar surface area (TPSA) is 26.3 Å². The van der Waals surface area contributed by atoms with Crippen molar-refractivity contribution in [3.05, 3.63) is 12.3 Å². The van der Waals surface area contributed by atoms with Crippen molar-refractivity contribution in [2.45, 2.75) is 6.92 Å². The summed E-state index contributed by atoms with van der Waals surface area (Å²) in [5, 5.41) is 0. The van der Waals surface area contributed by atoms with Crippen LogP contribution in [0.4, 0.5) is 0 Å². The third kappa shape index (κ3) is 0.886. The third-order valence-corrected chi connectivity index (χ3v) is 1.16. The summed E-state index contributed by atoms with van der Waals surface area (Å²) in [7, 11) is 0. The molecule has 0 saturated carbocycles. The molecule has 0 amide bonds. The standard InChI is InChI=1S/C6H8O2/c1-5-4-8-3-2-6(5)7/h2-3,5H,4H2,1H3. The first kappa shape index (κ1) is 5.35. The Hall–Kier alpha value is -0.790. The molecule has 1 rings (SSSR count). The largest absolute Gasteiger partial charge is 0.500 e. The van der Waals surface area contributed by atoms with Crippen LogP contribution in [-0.4, -0.2) is 12.4 Å². The fraction of sp³-hybridized carbons (Fsp3) is 0.500. The summed E-state index contributed by atoms with van der Waals surface area (Å²) in [6.45, 7) is 2.39. The van der Waals surface area contributed by atoms with E-state index >= 15 is 0 Å². The first-order valence-corrected chi connectivity index (χ1v) is 2.62. The number of hydrogen-bond donors (Lipinski definition) is 0. The maximum atomic E-state index is 10.6. The molecule has 2 heteroatoms. The van der Waals surface area contributed by atoms with E-state index in [4.69, 9.17) is 4.74 Å². The molecular formula is C6H8O2. The molecule has 1 aliphatic heterocycles. The second-order valence-corrected chi connectivity index (χ2v) is 1.94. The van der Waals surface area contributed by atoms with Crippen LogP contribution in [0.5, 0.6) is 0 Å². The van der Waals surface area contributed by atoms with Gasteiger partial charge in [-0.15, -0.1) is 0 Å². The van der Waals surface area contributed by atoms with E-state index in [1.807, 2.05) is 6.92 Å². The zero-order chi connectivity index (χ0) is 5.98. The normalized spacial score (nSPS) is 27.6. The Balaban J connectivity index is 2.60. The van der Waals surface area contributed by atoms with Crippen LogP contribution in [-0.2, 0) is 9.53 Å². The molecule has 0 saturated heterocycles. The van der Waals surface area contributed by atoms with Crippen molar-refractivity contribution < 1.29 is 9.53 Å². The minimum Gasteiger partial charge on any atom is -0.500 e. The van der Waals surface area contributed by atoms with Gasteiger partial charge in [-0.3, -0.25) is 4.79 Å². The van der Waals surface area contributed by atoms with Crippen LogP contribution in [0.2, 0.25) is 0 Å². The zero-order valence-corrected chi connectivity index (χ0v) is 4.76. The van der Waals surface area contributed by atoms with Crippen LogP contribution in [0.3, 0.4) is 0 Å². The van der Waals surface area contributed by atoms with E-state index < -0.39 is 0 Å². The second-order valence-electron chi connectivity index (χ2n) is 1.94. The maximum Gasteiger partial charge on any atom is 0.164 e. The van der Waals surface area contributed by atoms with Crippen molar-refractivity contribution in [3.63, 3.8) is 0 Å². The molecule has 0 fully saturated rings. The quantitative estimate of drug-likeness (QED) is 0.462. The van der Waals surface area contributed by atoms with Crippen molar-refractivity contribution in [1.29, 1.82) is 0 Å². The smallest absolute Gasteiger partial charge is 0.164 e. The van der Waals surface area contributed by atoms with Gasteiger partial charge in [-0.25, -0.2) is 0 Å². The Labute approximate surface area is 48.1 Å². The summed E-state index contributed by atoms with van der Waals surface area (Å²) >= 11 is 0. The van der Waals surface area contributed by atoms with Crippen LogP contribution >= 0.6 is 0 Å².